The van der Waals surface area contributed by atoms with Crippen molar-refractivity contribution < 1.29 is 5.11 Å². The van der Waals surface area contributed by atoms with E-state index in [4.69, 9.17) is 0 Å². The SMILES string of the molecule is Oc1ccc(CCCNC2CCC(c3ccccc3)CC2)cc1. The molecule has 0 saturated heterocycles. The van der Waals surface area contributed by atoms with Gasteiger partial charge >= 0.3 is 0 Å². The summed E-state index contributed by atoms with van der Waals surface area (Å²) in [7, 11) is 0. The van der Waals surface area contributed by atoms with E-state index in [1.165, 1.54) is 36.8 Å². The smallest absolute Gasteiger partial charge is 0.115 e. The Labute approximate surface area is 139 Å². The summed E-state index contributed by atoms with van der Waals surface area (Å²) < 4.78 is 0. The van der Waals surface area contributed by atoms with Gasteiger partial charge < -0.3 is 10.4 Å². The molecule has 3 rings (SSSR count). The Hall–Kier alpha value is -1.80. The van der Waals surface area contributed by atoms with E-state index in [-0.39, 0.29) is 0 Å². The topological polar surface area (TPSA) is 32.3 Å². The van der Waals surface area contributed by atoms with Gasteiger partial charge in [0.25, 0.3) is 0 Å². The highest BCUT2D eigenvalue weighted by Crippen LogP contribution is 2.32. The van der Waals surface area contributed by atoms with Gasteiger partial charge in [-0.2, -0.15) is 0 Å². The summed E-state index contributed by atoms with van der Waals surface area (Å²) in [5, 5.41) is 13.0. The number of phenols is 1. The quantitative estimate of drug-likeness (QED) is 0.762. The Bertz CT molecular complexity index is 571. The second kappa shape index (κ2) is 8.16. The third-order valence-corrected chi connectivity index (χ3v) is 5.01. The molecule has 0 spiro atoms. The first-order valence-electron chi connectivity index (χ1n) is 8.87. The molecule has 0 aliphatic heterocycles. The van der Waals surface area contributed by atoms with Gasteiger partial charge in [-0.3, -0.25) is 0 Å². The molecule has 0 unspecified atom stereocenters. The molecule has 2 aromatic rings. The van der Waals surface area contributed by atoms with Crippen molar-refractivity contribution in [3.63, 3.8) is 0 Å². The van der Waals surface area contributed by atoms with Crippen LogP contribution in [0.1, 0.15) is 49.1 Å². The molecule has 0 amide bonds. The summed E-state index contributed by atoms with van der Waals surface area (Å²) in [5.74, 6) is 1.10. The number of aryl methyl sites for hydroxylation is 1. The van der Waals surface area contributed by atoms with Gasteiger partial charge in [-0.15, -0.1) is 0 Å². The van der Waals surface area contributed by atoms with Crippen LogP contribution in [0.4, 0.5) is 0 Å². The molecule has 0 atom stereocenters. The number of hydrogen-bond acceptors (Lipinski definition) is 2. The molecule has 1 fully saturated rings. The molecule has 0 aromatic heterocycles. The highest BCUT2D eigenvalue weighted by Gasteiger charge is 2.21. The zero-order valence-electron chi connectivity index (χ0n) is 13.7. The second-order valence-corrected chi connectivity index (χ2v) is 6.68. The molecule has 2 N–H and O–H groups in total. The first-order chi connectivity index (χ1) is 11.3. The van der Waals surface area contributed by atoms with Crippen molar-refractivity contribution >= 4 is 0 Å². The molecule has 0 radical (unpaired) electrons. The van der Waals surface area contributed by atoms with E-state index in [2.05, 4.69) is 35.6 Å². The lowest BCUT2D eigenvalue weighted by Gasteiger charge is -2.29. The Morgan fingerprint density at radius 2 is 1.57 bits per heavy atom. The largest absolute Gasteiger partial charge is 0.508 e. The van der Waals surface area contributed by atoms with Crippen LogP contribution in [0.15, 0.2) is 54.6 Å². The minimum atomic E-state index is 0.349. The van der Waals surface area contributed by atoms with Crippen LogP contribution < -0.4 is 5.32 Å². The Kier molecular flexibility index (Phi) is 5.71. The lowest BCUT2D eigenvalue weighted by molar-refractivity contribution is 0.342. The Morgan fingerprint density at radius 3 is 2.26 bits per heavy atom. The summed E-state index contributed by atoms with van der Waals surface area (Å²) in [6, 6.07) is 19.2. The summed E-state index contributed by atoms with van der Waals surface area (Å²) >= 11 is 0. The summed E-state index contributed by atoms with van der Waals surface area (Å²) in [6.45, 7) is 1.08. The van der Waals surface area contributed by atoms with E-state index in [1.807, 2.05) is 12.1 Å². The molecule has 2 nitrogen and oxygen atoms in total. The van der Waals surface area contributed by atoms with Gasteiger partial charge in [0, 0.05) is 6.04 Å². The van der Waals surface area contributed by atoms with Gasteiger partial charge in [-0.1, -0.05) is 42.5 Å². The second-order valence-electron chi connectivity index (χ2n) is 6.68. The molecular formula is C21H27NO. The highest BCUT2D eigenvalue weighted by molar-refractivity contribution is 5.25. The predicted octanol–water partition coefficient (Wildman–Crippen LogP) is 4.64. The minimum Gasteiger partial charge on any atom is -0.508 e. The van der Waals surface area contributed by atoms with E-state index in [1.54, 1.807) is 12.1 Å². The van der Waals surface area contributed by atoms with Gasteiger partial charge in [0.05, 0.1) is 0 Å². The molecule has 1 aliphatic carbocycles. The maximum absolute atomic E-state index is 9.29. The van der Waals surface area contributed by atoms with Crippen LogP contribution in [0.2, 0.25) is 0 Å². The van der Waals surface area contributed by atoms with Crippen molar-refractivity contribution in [1.82, 2.24) is 5.32 Å². The first-order valence-corrected chi connectivity index (χ1v) is 8.87. The van der Waals surface area contributed by atoms with Crippen LogP contribution in [0, 0.1) is 0 Å². The van der Waals surface area contributed by atoms with Crippen LogP contribution in [-0.4, -0.2) is 17.7 Å². The Balaban J connectivity index is 1.34. The van der Waals surface area contributed by atoms with Gasteiger partial charge in [0.2, 0.25) is 0 Å². The minimum absolute atomic E-state index is 0.349. The van der Waals surface area contributed by atoms with E-state index in [0.29, 0.717) is 11.8 Å². The van der Waals surface area contributed by atoms with Crippen molar-refractivity contribution in [3.8, 4) is 5.75 Å². The predicted molar refractivity (Wildman–Crippen MR) is 95.9 cm³/mol. The molecule has 2 aromatic carbocycles. The van der Waals surface area contributed by atoms with E-state index < -0.39 is 0 Å². The van der Waals surface area contributed by atoms with Crippen LogP contribution >= 0.6 is 0 Å². The average Bonchev–Trinajstić information content (AvgIpc) is 2.62. The molecule has 0 heterocycles. The van der Waals surface area contributed by atoms with Gasteiger partial charge in [-0.05, 0) is 74.2 Å². The Morgan fingerprint density at radius 1 is 0.870 bits per heavy atom. The van der Waals surface area contributed by atoms with Crippen LogP contribution in [0.5, 0.6) is 5.75 Å². The van der Waals surface area contributed by atoms with Crippen molar-refractivity contribution in [1.29, 1.82) is 0 Å². The lowest BCUT2D eigenvalue weighted by Crippen LogP contribution is -2.33. The number of rotatable bonds is 6. The fraction of sp³-hybridized carbons (Fsp3) is 0.429. The zero-order valence-corrected chi connectivity index (χ0v) is 13.7. The maximum Gasteiger partial charge on any atom is 0.115 e. The van der Waals surface area contributed by atoms with E-state index in [9.17, 15) is 5.11 Å². The number of benzene rings is 2. The maximum atomic E-state index is 9.29. The third-order valence-electron chi connectivity index (χ3n) is 5.01. The van der Waals surface area contributed by atoms with Crippen molar-refractivity contribution in [3.05, 3.63) is 65.7 Å². The van der Waals surface area contributed by atoms with E-state index in [0.717, 1.165) is 25.3 Å². The fourth-order valence-corrected chi connectivity index (χ4v) is 3.62. The molecule has 2 heteroatoms. The normalized spacial score (nSPS) is 21.2. The number of nitrogens with one attached hydrogen (secondary N) is 1. The molecule has 122 valence electrons. The zero-order chi connectivity index (χ0) is 15.9. The number of hydrogen-bond donors (Lipinski definition) is 2. The molecular weight excluding hydrogens is 282 g/mol. The number of aromatic hydroxyl groups is 1. The lowest BCUT2D eigenvalue weighted by atomic mass is 9.82. The average molecular weight is 309 g/mol. The van der Waals surface area contributed by atoms with E-state index >= 15 is 0 Å². The molecule has 0 bridgehead atoms. The van der Waals surface area contributed by atoms with Crippen LogP contribution in [0.25, 0.3) is 0 Å². The van der Waals surface area contributed by atoms with Gasteiger partial charge in [0.15, 0.2) is 0 Å². The van der Waals surface area contributed by atoms with Gasteiger partial charge in [-0.25, -0.2) is 0 Å². The third kappa shape index (κ3) is 4.84. The standard InChI is InChI=1S/C21H27NO/c23-21-14-8-17(9-15-21)5-4-16-22-20-12-10-19(11-13-20)18-6-2-1-3-7-18/h1-3,6-9,14-15,19-20,22-23H,4-5,10-13,16H2. The highest BCUT2D eigenvalue weighted by atomic mass is 16.3. The monoisotopic (exact) mass is 309 g/mol. The molecule has 1 saturated carbocycles. The fourth-order valence-electron chi connectivity index (χ4n) is 3.62. The van der Waals surface area contributed by atoms with Crippen LogP contribution in [-0.2, 0) is 6.42 Å². The van der Waals surface area contributed by atoms with Crippen molar-refractivity contribution in [2.24, 2.45) is 0 Å². The summed E-state index contributed by atoms with van der Waals surface area (Å²) in [4.78, 5) is 0. The molecule has 23 heavy (non-hydrogen) atoms. The summed E-state index contributed by atoms with van der Waals surface area (Å²) in [5.41, 5.74) is 2.82. The summed E-state index contributed by atoms with van der Waals surface area (Å²) in [6.07, 6.45) is 7.42. The first kappa shape index (κ1) is 16.1. The van der Waals surface area contributed by atoms with Crippen LogP contribution in [0.3, 0.4) is 0 Å². The van der Waals surface area contributed by atoms with Crippen molar-refractivity contribution in [2.45, 2.75) is 50.5 Å². The van der Waals surface area contributed by atoms with Crippen molar-refractivity contribution in [2.75, 3.05) is 6.54 Å². The van der Waals surface area contributed by atoms with Gasteiger partial charge in [0.1, 0.15) is 5.75 Å². The molecule has 1 aliphatic rings. The number of phenolic OH excluding ortho intramolecular Hbond substituents is 1.